The van der Waals surface area contributed by atoms with E-state index in [1.54, 1.807) is 52.2 Å². The molecule has 2 N–H and O–H groups in total. The van der Waals surface area contributed by atoms with Gasteiger partial charge in [-0.1, -0.05) is 0 Å². The Morgan fingerprint density at radius 1 is 1.19 bits per heavy atom. The topological polar surface area (TPSA) is 62.6 Å². The molecule has 0 aliphatic carbocycles. The van der Waals surface area contributed by atoms with Gasteiger partial charge in [0, 0.05) is 12.4 Å². The molecule has 0 fully saturated rings. The molecule has 1 aromatic heterocycles. The molecule has 0 radical (unpaired) electrons. The van der Waals surface area contributed by atoms with Crippen molar-refractivity contribution in [1.82, 2.24) is 4.98 Å². The van der Waals surface area contributed by atoms with Gasteiger partial charge in [-0.25, -0.2) is 0 Å². The molecule has 0 atom stereocenters. The second-order valence-corrected chi connectivity index (χ2v) is 4.82. The molecular formula is C11H18BNO3. The van der Waals surface area contributed by atoms with Crippen LogP contribution in [-0.2, 0) is 4.65 Å². The molecular weight excluding hydrogens is 205 g/mol. The van der Waals surface area contributed by atoms with Gasteiger partial charge in [0.05, 0.1) is 11.2 Å². The summed E-state index contributed by atoms with van der Waals surface area (Å²) in [4.78, 5) is 3.86. The number of hydrogen-bond donors (Lipinski definition) is 2. The van der Waals surface area contributed by atoms with Crippen molar-refractivity contribution in [3.8, 4) is 0 Å². The Balaban J connectivity index is 2.76. The highest BCUT2D eigenvalue weighted by atomic mass is 16.5. The van der Waals surface area contributed by atoms with E-state index in [2.05, 4.69) is 4.98 Å². The van der Waals surface area contributed by atoms with E-state index in [1.165, 1.54) is 0 Å². The van der Waals surface area contributed by atoms with E-state index in [0.717, 1.165) is 0 Å². The van der Waals surface area contributed by atoms with Gasteiger partial charge in [0.2, 0.25) is 0 Å². The van der Waals surface area contributed by atoms with Crippen LogP contribution in [0.25, 0.3) is 0 Å². The number of aromatic nitrogens is 1. The number of hydrogen-bond acceptors (Lipinski definition) is 4. The van der Waals surface area contributed by atoms with Crippen molar-refractivity contribution < 1.29 is 14.8 Å². The summed E-state index contributed by atoms with van der Waals surface area (Å²) < 4.78 is 5.47. The maximum absolute atomic E-state index is 9.89. The summed E-state index contributed by atoms with van der Waals surface area (Å²) in [5.41, 5.74) is -1.27. The summed E-state index contributed by atoms with van der Waals surface area (Å²) >= 11 is 0. The Morgan fingerprint density at radius 3 is 2.12 bits per heavy atom. The number of rotatable bonds is 4. The summed E-state index contributed by atoms with van der Waals surface area (Å²) in [6, 6.07) is 3.34. The van der Waals surface area contributed by atoms with Gasteiger partial charge < -0.3 is 14.8 Å². The Kier molecular flexibility index (Phi) is 3.73. The van der Waals surface area contributed by atoms with Crippen LogP contribution < -0.4 is 5.46 Å². The zero-order chi connectivity index (χ0) is 12.4. The average Bonchev–Trinajstić information content (AvgIpc) is 2.16. The summed E-state index contributed by atoms with van der Waals surface area (Å²) in [6.07, 6.45) is 3.16. The lowest BCUT2D eigenvalue weighted by Gasteiger charge is -2.38. The molecule has 0 unspecified atom stereocenters. The predicted molar refractivity (Wildman–Crippen MR) is 63.3 cm³/mol. The van der Waals surface area contributed by atoms with E-state index in [4.69, 9.17) is 4.65 Å². The predicted octanol–water partition coefficient (Wildman–Crippen LogP) is 0.335. The molecule has 1 rings (SSSR count). The minimum atomic E-state index is -1.07. The van der Waals surface area contributed by atoms with Gasteiger partial charge >= 0.3 is 7.12 Å². The molecule has 16 heavy (non-hydrogen) atoms. The highest BCUT2D eigenvalue weighted by Gasteiger charge is 2.39. The van der Waals surface area contributed by atoms with Crippen LogP contribution in [0.2, 0.25) is 0 Å². The van der Waals surface area contributed by atoms with Crippen LogP contribution in [0.3, 0.4) is 0 Å². The summed E-state index contributed by atoms with van der Waals surface area (Å²) in [5.74, 6) is 0. The SMILES string of the molecule is CC(C)(O)C(C)(C)OB(O)c1ccncc1. The van der Waals surface area contributed by atoms with Crippen molar-refractivity contribution in [2.45, 2.75) is 38.9 Å². The van der Waals surface area contributed by atoms with Gasteiger partial charge in [0.1, 0.15) is 0 Å². The average molecular weight is 223 g/mol. The Bertz CT molecular complexity index is 335. The molecule has 0 amide bonds. The fraction of sp³-hybridized carbons (Fsp3) is 0.545. The van der Waals surface area contributed by atoms with Gasteiger partial charge in [0.25, 0.3) is 0 Å². The van der Waals surface area contributed by atoms with Gasteiger partial charge in [0.15, 0.2) is 0 Å². The number of aliphatic hydroxyl groups is 1. The largest absolute Gasteiger partial charge is 0.491 e. The molecule has 0 spiro atoms. The first-order chi connectivity index (χ1) is 7.24. The minimum Gasteiger partial charge on any atom is -0.423 e. The third-order valence-corrected chi connectivity index (χ3v) is 2.87. The molecule has 5 heteroatoms. The third-order valence-electron chi connectivity index (χ3n) is 2.87. The molecule has 0 aromatic carbocycles. The second-order valence-electron chi connectivity index (χ2n) is 4.82. The van der Waals surface area contributed by atoms with E-state index < -0.39 is 18.3 Å². The fourth-order valence-corrected chi connectivity index (χ4v) is 1.02. The van der Waals surface area contributed by atoms with Crippen LogP contribution in [0.1, 0.15) is 27.7 Å². The molecule has 4 nitrogen and oxygen atoms in total. The molecule has 1 heterocycles. The van der Waals surface area contributed by atoms with Crippen LogP contribution in [0.15, 0.2) is 24.5 Å². The standard InChI is InChI=1S/C11H18BNO3/c1-10(2,14)11(3,4)16-12(15)9-5-7-13-8-6-9/h5-8,14-15H,1-4H3. The molecule has 0 saturated carbocycles. The lowest BCUT2D eigenvalue weighted by atomic mass is 9.77. The van der Waals surface area contributed by atoms with Crippen molar-refractivity contribution in [3.05, 3.63) is 24.5 Å². The van der Waals surface area contributed by atoms with Crippen LogP contribution in [0.5, 0.6) is 0 Å². The first-order valence-electron chi connectivity index (χ1n) is 5.22. The second kappa shape index (κ2) is 4.53. The summed E-state index contributed by atoms with van der Waals surface area (Å²) in [7, 11) is -1.07. The zero-order valence-electron chi connectivity index (χ0n) is 10.1. The molecule has 88 valence electrons. The van der Waals surface area contributed by atoms with E-state index in [9.17, 15) is 10.1 Å². The fourth-order valence-electron chi connectivity index (χ4n) is 1.02. The molecule has 0 aliphatic heterocycles. The molecule has 0 saturated heterocycles. The lowest BCUT2D eigenvalue weighted by molar-refractivity contribution is -0.0982. The summed E-state index contributed by atoms with van der Waals surface area (Å²) in [6.45, 7) is 6.76. The minimum absolute atomic E-state index is 0.618. The maximum Gasteiger partial charge on any atom is 0.491 e. The van der Waals surface area contributed by atoms with Crippen molar-refractivity contribution >= 4 is 12.6 Å². The van der Waals surface area contributed by atoms with Crippen molar-refractivity contribution in [2.24, 2.45) is 0 Å². The Hall–Kier alpha value is -0.905. The van der Waals surface area contributed by atoms with Crippen molar-refractivity contribution in [3.63, 3.8) is 0 Å². The smallest absolute Gasteiger partial charge is 0.423 e. The first-order valence-corrected chi connectivity index (χ1v) is 5.22. The monoisotopic (exact) mass is 223 g/mol. The van der Waals surface area contributed by atoms with Crippen LogP contribution in [-0.4, -0.2) is 33.4 Å². The normalized spacial score (nSPS) is 12.6. The van der Waals surface area contributed by atoms with E-state index in [0.29, 0.717) is 5.46 Å². The van der Waals surface area contributed by atoms with Gasteiger partial charge in [-0.2, -0.15) is 0 Å². The number of nitrogens with zero attached hydrogens (tertiary/aromatic N) is 1. The number of pyridine rings is 1. The maximum atomic E-state index is 9.89. The van der Waals surface area contributed by atoms with Gasteiger partial charge in [-0.15, -0.1) is 0 Å². The molecule has 0 aliphatic rings. The van der Waals surface area contributed by atoms with E-state index in [-0.39, 0.29) is 0 Å². The molecule has 1 aromatic rings. The van der Waals surface area contributed by atoms with E-state index in [1.807, 2.05) is 0 Å². The Morgan fingerprint density at radius 2 is 1.69 bits per heavy atom. The quantitative estimate of drug-likeness (QED) is 0.722. The molecule has 0 bridgehead atoms. The first kappa shape index (κ1) is 13.2. The van der Waals surface area contributed by atoms with Crippen LogP contribution in [0, 0.1) is 0 Å². The lowest BCUT2D eigenvalue weighted by Crippen LogP contribution is -2.53. The van der Waals surface area contributed by atoms with Crippen molar-refractivity contribution in [2.75, 3.05) is 0 Å². The van der Waals surface area contributed by atoms with Crippen LogP contribution >= 0.6 is 0 Å². The van der Waals surface area contributed by atoms with Gasteiger partial charge in [-0.05, 0) is 45.3 Å². The highest BCUT2D eigenvalue weighted by molar-refractivity contribution is 6.60. The zero-order valence-corrected chi connectivity index (χ0v) is 10.1. The van der Waals surface area contributed by atoms with Crippen LogP contribution in [0.4, 0.5) is 0 Å². The van der Waals surface area contributed by atoms with E-state index >= 15 is 0 Å². The third kappa shape index (κ3) is 3.04. The van der Waals surface area contributed by atoms with Crippen molar-refractivity contribution in [1.29, 1.82) is 0 Å². The Labute approximate surface area is 96.4 Å². The van der Waals surface area contributed by atoms with Gasteiger partial charge in [-0.3, -0.25) is 4.98 Å². The highest BCUT2D eigenvalue weighted by Crippen LogP contribution is 2.25. The summed E-state index contributed by atoms with van der Waals surface area (Å²) in [5, 5.41) is 19.8.